The third-order valence-electron chi connectivity index (χ3n) is 4.77. The molecule has 28 heavy (non-hydrogen) atoms. The second kappa shape index (κ2) is 11.8. The summed E-state index contributed by atoms with van der Waals surface area (Å²) in [5, 5.41) is 19.9. The van der Waals surface area contributed by atoms with Crippen molar-refractivity contribution in [3.63, 3.8) is 0 Å². The summed E-state index contributed by atoms with van der Waals surface area (Å²) >= 11 is 0. The van der Waals surface area contributed by atoms with Gasteiger partial charge in [0.15, 0.2) is 5.97 Å². The Labute approximate surface area is 165 Å². The molecule has 1 saturated heterocycles. The fourth-order valence-corrected chi connectivity index (χ4v) is 3.35. The summed E-state index contributed by atoms with van der Waals surface area (Å²) in [5.74, 6) is -4.01. The number of unbranched alkanes of at least 4 members (excludes halogenated alkanes) is 1. The molecule has 6 heteroatoms. The van der Waals surface area contributed by atoms with Crippen LogP contribution in [0.4, 0.5) is 5.69 Å². The Morgan fingerprint density at radius 3 is 2.21 bits per heavy atom. The molecule has 0 amide bonds. The fourth-order valence-electron chi connectivity index (χ4n) is 3.35. The Kier molecular flexibility index (Phi) is 9.01. The van der Waals surface area contributed by atoms with Gasteiger partial charge < -0.3 is 25.2 Å². The lowest BCUT2D eigenvalue weighted by atomic mass is 10.0. The molecule has 2 aromatic carbocycles. The van der Waals surface area contributed by atoms with Crippen molar-refractivity contribution in [2.45, 2.75) is 25.7 Å². The number of hydrogen-bond acceptors (Lipinski definition) is 4. The van der Waals surface area contributed by atoms with Gasteiger partial charge in [-0.05, 0) is 24.5 Å². The second-order valence-electron chi connectivity index (χ2n) is 6.85. The molecule has 1 fully saturated rings. The van der Waals surface area contributed by atoms with Gasteiger partial charge in [0.05, 0.1) is 19.6 Å². The van der Waals surface area contributed by atoms with Crippen molar-refractivity contribution < 1.29 is 24.7 Å². The van der Waals surface area contributed by atoms with E-state index >= 15 is 0 Å². The van der Waals surface area contributed by atoms with Gasteiger partial charge >= 0.3 is 5.97 Å². The van der Waals surface area contributed by atoms with Crippen LogP contribution in [0.25, 0.3) is 11.1 Å². The molecule has 2 aromatic rings. The summed E-state index contributed by atoms with van der Waals surface area (Å²) in [5.41, 5.74) is 3.84. The first-order valence-corrected chi connectivity index (χ1v) is 9.74. The Morgan fingerprint density at radius 1 is 0.964 bits per heavy atom. The van der Waals surface area contributed by atoms with E-state index in [1.54, 1.807) is 0 Å². The smallest absolute Gasteiger partial charge is 0.351 e. The lowest BCUT2D eigenvalue weighted by Crippen LogP contribution is -3.09. The van der Waals surface area contributed by atoms with Crippen molar-refractivity contribution in [1.29, 1.82) is 0 Å². The molecule has 0 radical (unpaired) electrons. The number of anilines is 1. The van der Waals surface area contributed by atoms with E-state index in [2.05, 4.69) is 59.9 Å². The van der Waals surface area contributed by atoms with Gasteiger partial charge in [0.2, 0.25) is 0 Å². The highest BCUT2D eigenvalue weighted by molar-refractivity contribution is 6.26. The molecule has 1 heterocycles. The van der Waals surface area contributed by atoms with Crippen molar-refractivity contribution in [2.24, 2.45) is 0 Å². The van der Waals surface area contributed by atoms with Crippen LogP contribution in [0.15, 0.2) is 54.6 Å². The molecule has 0 aromatic heterocycles. The number of carbonyl (C=O) groups is 2. The number of carboxylic acids is 2. The molecule has 0 aliphatic carbocycles. The first kappa shape index (κ1) is 21.4. The van der Waals surface area contributed by atoms with Crippen LogP contribution in [-0.2, 0) is 9.59 Å². The highest BCUT2D eigenvalue weighted by atomic mass is 16.4. The zero-order valence-electron chi connectivity index (χ0n) is 16.0. The number of carbonyl (C=O) groups excluding carboxylic acids is 1. The van der Waals surface area contributed by atoms with Gasteiger partial charge in [0.1, 0.15) is 0 Å². The van der Waals surface area contributed by atoms with Gasteiger partial charge in [-0.1, -0.05) is 48.5 Å². The zero-order chi connectivity index (χ0) is 20.2. The van der Waals surface area contributed by atoms with Gasteiger partial charge in [-0.3, -0.25) is 0 Å². The zero-order valence-corrected chi connectivity index (χ0v) is 16.0. The maximum atomic E-state index is 9.04. The average molecular weight is 384 g/mol. The molecule has 6 nitrogen and oxygen atoms in total. The van der Waals surface area contributed by atoms with Crippen LogP contribution in [-0.4, -0.2) is 43.2 Å². The maximum Gasteiger partial charge on any atom is 0.351 e. The van der Waals surface area contributed by atoms with Crippen molar-refractivity contribution in [3.8, 4) is 11.1 Å². The van der Waals surface area contributed by atoms with Crippen LogP contribution in [0.5, 0.6) is 0 Å². The van der Waals surface area contributed by atoms with E-state index in [-0.39, 0.29) is 0 Å². The number of rotatable bonds is 7. The topological polar surface area (TPSA) is 93.9 Å². The minimum atomic E-state index is -2.07. The Balaban J connectivity index is 0.000000409. The van der Waals surface area contributed by atoms with Gasteiger partial charge in [0.25, 0.3) is 0 Å². The van der Waals surface area contributed by atoms with Crippen LogP contribution in [0.3, 0.4) is 0 Å². The Morgan fingerprint density at radius 2 is 1.57 bits per heavy atom. The number of hydrogen-bond donors (Lipinski definition) is 3. The minimum absolute atomic E-state index is 1.07. The number of quaternary nitrogens is 1. The van der Waals surface area contributed by atoms with Crippen molar-refractivity contribution in [2.75, 3.05) is 31.5 Å². The first-order valence-electron chi connectivity index (χ1n) is 9.74. The van der Waals surface area contributed by atoms with Gasteiger partial charge in [-0.2, -0.15) is 0 Å². The first-order chi connectivity index (χ1) is 13.6. The van der Waals surface area contributed by atoms with Crippen LogP contribution in [0.1, 0.15) is 25.7 Å². The maximum absolute atomic E-state index is 9.04. The van der Waals surface area contributed by atoms with Crippen molar-refractivity contribution in [3.05, 3.63) is 54.6 Å². The van der Waals surface area contributed by atoms with Crippen LogP contribution >= 0.6 is 0 Å². The fraction of sp³-hybridized carbons (Fsp3) is 0.364. The summed E-state index contributed by atoms with van der Waals surface area (Å²) < 4.78 is 0. The lowest BCUT2D eigenvalue weighted by molar-refractivity contribution is -0.887. The standard InChI is InChI=1S/C20H26N2.C2H2O4/c1-2-10-18(11-3-1)19-12-4-5-13-20(19)21-14-6-7-15-22-16-8-9-17-22;3-1(4)2(5)6/h1-5,10-13,21H,6-9,14-17H2;(H,3,4)(H,5,6). The quantitative estimate of drug-likeness (QED) is 0.490. The highest BCUT2D eigenvalue weighted by Crippen LogP contribution is 2.27. The SMILES string of the molecule is O=C([O-])C(=O)O.c1ccc(-c2ccccc2NCCCC[NH+]2CCCC2)cc1. The molecule has 3 rings (SSSR count). The lowest BCUT2D eigenvalue weighted by Gasteiger charge is -2.14. The van der Waals surface area contributed by atoms with Crippen molar-refractivity contribution >= 4 is 17.6 Å². The minimum Gasteiger partial charge on any atom is -0.539 e. The summed E-state index contributed by atoms with van der Waals surface area (Å²) in [7, 11) is 0. The highest BCUT2D eigenvalue weighted by Gasteiger charge is 2.13. The number of carboxylic acid groups (broad SMARTS) is 2. The number of likely N-dealkylation sites (tertiary alicyclic amines) is 1. The molecule has 0 unspecified atom stereocenters. The van der Waals surface area contributed by atoms with Crippen LogP contribution in [0.2, 0.25) is 0 Å². The number of benzene rings is 2. The van der Waals surface area contributed by atoms with E-state index < -0.39 is 11.9 Å². The Bertz CT molecular complexity index is 731. The number of para-hydroxylation sites is 1. The monoisotopic (exact) mass is 384 g/mol. The predicted molar refractivity (Wildman–Crippen MR) is 107 cm³/mol. The van der Waals surface area contributed by atoms with Gasteiger partial charge in [-0.15, -0.1) is 0 Å². The van der Waals surface area contributed by atoms with E-state index in [9.17, 15) is 0 Å². The molecular weight excluding hydrogens is 356 g/mol. The van der Waals surface area contributed by atoms with Crippen LogP contribution < -0.4 is 15.3 Å². The van der Waals surface area contributed by atoms with Gasteiger partial charge in [-0.25, -0.2) is 4.79 Å². The number of nitrogens with one attached hydrogen (secondary N) is 2. The third kappa shape index (κ3) is 7.40. The summed E-state index contributed by atoms with van der Waals surface area (Å²) in [4.78, 5) is 19.8. The molecule has 0 spiro atoms. The third-order valence-corrected chi connectivity index (χ3v) is 4.77. The summed E-state index contributed by atoms with van der Waals surface area (Å²) in [6.45, 7) is 5.20. The molecule has 0 saturated carbocycles. The van der Waals surface area contributed by atoms with E-state index in [0.29, 0.717) is 0 Å². The van der Waals surface area contributed by atoms with E-state index in [0.717, 1.165) is 6.54 Å². The molecular formula is C22H28N2O4. The molecule has 1 aliphatic heterocycles. The molecule has 150 valence electrons. The predicted octanol–water partition coefficient (Wildman–Crippen LogP) is 1.05. The summed E-state index contributed by atoms with van der Waals surface area (Å²) in [6.07, 6.45) is 5.44. The largest absolute Gasteiger partial charge is 0.539 e. The van der Waals surface area contributed by atoms with Gasteiger partial charge in [0, 0.05) is 30.6 Å². The average Bonchev–Trinajstić information content (AvgIpc) is 3.23. The van der Waals surface area contributed by atoms with Crippen LogP contribution in [0, 0.1) is 0 Å². The Hall–Kier alpha value is -2.86. The van der Waals surface area contributed by atoms with E-state index in [1.165, 1.54) is 62.1 Å². The number of aliphatic carboxylic acids is 2. The molecule has 0 atom stereocenters. The summed E-state index contributed by atoms with van der Waals surface area (Å²) in [6, 6.07) is 19.2. The molecule has 1 aliphatic rings. The molecule has 0 bridgehead atoms. The van der Waals surface area contributed by atoms with Crippen molar-refractivity contribution in [1.82, 2.24) is 0 Å². The van der Waals surface area contributed by atoms with E-state index in [1.807, 2.05) is 4.90 Å². The normalized spacial score (nSPS) is 13.4. The second-order valence-corrected chi connectivity index (χ2v) is 6.85. The molecule has 3 N–H and O–H groups in total. The van der Waals surface area contributed by atoms with E-state index in [4.69, 9.17) is 19.8 Å².